The first-order valence-corrected chi connectivity index (χ1v) is 8.68. The lowest BCUT2D eigenvalue weighted by atomic mass is 10.1. The lowest BCUT2D eigenvalue weighted by molar-refractivity contribution is 0.421. The monoisotopic (exact) mass is 284 g/mol. The van der Waals surface area contributed by atoms with Crippen LogP contribution >= 0.6 is 0 Å². The Kier molecular flexibility index (Phi) is 3.34. The zero-order valence-electron chi connectivity index (χ0n) is 11.0. The molecule has 6 nitrogen and oxygen atoms in total. The summed E-state index contributed by atoms with van der Waals surface area (Å²) in [5, 5.41) is 4.12. The first-order valence-electron chi connectivity index (χ1n) is 6.97. The predicted octanol–water partition coefficient (Wildman–Crippen LogP) is 0.582. The molecule has 3 rings (SSSR count). The summed E-state index contributed by atoms with van der Waals surface area (Å²) in [4.78, 5) is 4.45. The number of aryl methyl sites for hydroxylation is 1. The van der Waals surface area contributed by atoms with Gasteiger partial charge in [0, 0.05) is 13.0 Å². The van der Waals surface area contributed by atoms with Crippen molar-refractivity contribution in [1.29, 1.82) is 0 Å². The van der Waals surface area contributed by atoms with Crippen molar-refractivity contribution >= 4 is 9.84 Å². The van der Waals surface area contributed by atoms with Crippen LogP contribution in [0.15, 0.2) is 0 Å². The van der Waals surface area contributed by atoms with Crippen LogP contribution in [0, 0.1) is 0 Å². The van der Waals surface area contributed by atoms with Crippen LogP contribution in [0.25, 0.3) is 0 Å². The van der Waals surface area contributed by atoms with E-state index in [0.29, 0.717) is 18.0 Å². The Morgan fingerprint density at radius 3 is 2.84 bits per heavy atom. The summed E-state index contributed by atoms with van der Waals surface area (Å²) in [6.45, 7) is 0.841. The third-order valence-electron chi connectivity index (χ3n) is 4.08. The summed E-state index contributed by atoms with van der Waals surface area (Å²) in [5.41, 5.74) is 6.00. The predicted molar refractivity (Wildman–Crippen MR) is 71.3 cm³/mol. The fraction of sp³-hybridized carbons (Fsp3) is 0.833. The quantitative estimate of drug-likeness (QED) is 0.858. The molecule has 0 amide bonds. The number of fused-ring (bicyclic) bond motifs is 1. The van der Waals surface area contributed by atoms with Crippen LogP contribution in [-0.2, 0) is 22.8 Å². The van der Waals surface area contributed by atoms with Gasteiger partial charge in [0.1, 0.15) is 5.82 Å². The minimum absolute atomic E-state index is 0.0574. The Morgan fingerprint density at radius 1 is 1.26 bits per heavy atom. The zero-order chi connectivity index (χ0) is 13.5. The van der Waals surface area contributed by atoms with Crippen molar-refractivity contribution < 1.29 is 8.42 Å². The molecule has 2 unspecified atom stereocenters. The summed E-state index contributed by atoms with van der Waals surface area (Å²) in [6.07, 6.45) is 4.89. The molecule has 1 aromatic rings. The van der Waals surface area contributed by atoms with Crippen molar-refractivity contribution in [3.05, 3.63) is 11.6 Å². The molecule has 0 bridgehead atoms. The molecule has 2 aliphatic rings. The lowest BCUT2D eigenvalue weighted by Crippen LogP contribution is -2.30. The van der Waals surface area contributed by atoms with Gasteiger partial charge in [-0.1, -0.05) is 6.42 Å². The van der Waals surface area contributed by atoms with E-state index < -0.39 is 9.84 Å². The summed E-state index contributed by atoms with van der Waals surface area (Å²) >= 11 is 0. The largest absolute Gasteiger partial charge is 0.321 e. The van der Waals surface area contributed by atoms with Gasteiger partial charge < -0.3 is 5.73 Å². The van der Waals surface area contributed by atoms with Crippen molar-refractivity contribution in [2.75, 3.05) is 5.75 Å². The molecule has 2 atom stereocenters. The molecule has 0 aliphatic carbocycles. The molecular formula is C12H20N4O2S. The fourth-order valence-corrected chi connectivity index (χ4v) is 4.84. The normalized spacial score (nSPS) is 29.9. The van der Waals surface area contributed by atoms with Crippen molar-refractivity contribution in [2.24, 2.45) is 5.73 Å². The highest BCUT2D eigenvalue weighted by Gasteiger charge is 2.31. The molecule has 2 aliphatic heterocycles. The van der Waals surface area contributed by atoms with Crippen molar-refractivity contribution in [1.82, 2.24) is 14.8 Å². The maximum Gasteiger partial charge on any atom is 0.153 e. The van der Waals surface area contributed by atoms with Crippen LogP contribution < -0.4 is 5.73 Å². The average molecular weight is 284 g/mol. The van der Waals surface area contributed by atoms with E-state index in [2.05, 4.69) is 10.1 Å². The molecular weight excluding hydrogens is 264 g/mol. The van der Waals surface area contributed by atoms with Gasteiger partial charge in [-0.3, -0.25) is 0 Å². The van der Waals surface area contributed by atoms with Gasteiger partial charge in [0.05, 0.1) is 17.0 Å². The van der Waals surface area contributed by atoms with E-state index in [1.54, 1.807) is 0 Å². The van der Waals surface area contributed by atoms with E-state index in [4.69, 9.17) is 5.73 Å². The van der Waals surface area contributed by atoms with Crippen molar-refractivity contribution in [2.45, 2.75) is 56.4 Å². The molecule has 0 spiro atoms. The molecule has 0 radical (unpaired) electrons. The second-order valence-corrected chi connectivity index (χ2v) is 7.95. The second kappa shape index (κ2) is 4.86. The number of nitrogens with two attached hydrogens (primary N) is 1. The van der Waals surface area contributed by atoms with E-state index in [-0.39, 0.29) is 11.3 Å². The highest BCUT2D eigenvalue weighted by molar-refractivity contribution is 7.92. The molecule has 1 saturated heterocycles. The van der Waals surface area contributed by atoms with Gasteiger partial charge in [-0.05, 0) is 25.7 Å². The lowest BCUT2D eigenvalue weighted by Gasteiger charge is -2.20. The Balaban J connectivity index is 1.80. The van der Waals surface area contributed by atoms with Crippen LogP contribution in [-0.4, -0.2) is 34.2 Å². The van der Waals surface area contributed by atoms with Gasteiger partial charge in [-0.15, -0.1) is 0 Å². The van der Waals surface area contributed by atoms with E-state index in [1.165, 1.54) is 0 Å². The van der Waals surface area contributed by atoms with Crippen LogP contribution in [0.1, 0.15) is 49.8 Å². The molecule has 2 N–H and O–H groups in total. The zero-order valence-corrected chi connectivity index (χ0v) is 11.8. The molecule has 1 aromatic heterocycles. The Morgan fingerprint density at radius 2 is 2.11 bits per heavy atom. The maximum atomic E-state index is 12.0. The van der Waals surface area contributed by atoms with Gasteiger partial charge in [0.15, 0.2) is 15.7 Å². The third kappa shape index (κ3) is 2.53. The maximum absolute atomic E-state index is 12.0. The Labute approximate surface area is 113 Å². The van der Waals surface area contributed by atoms with Crippen molar-refractivity contribution in [3.63, 3.8) is 0 Å². The summed E-state index contributed by atoms with van der Waals surface area (Å²) in [7, 11) is -2.96. The van der Waals surface area contributed by atoms with Gasteiger partial charge in [0.25, 0.3) is 0 Å². The van der Waals surface area contributed by atoms with Gasteiger partial charge in [-0.2, -0.15) is 5.10 Å². The van der Waals surface area contributed by atoms with Crippen LogP contribution in [0.5, 0.6) is 0 Å². The van der Waals surface area contributed by atoms with E-state index in [1.807, 2.05) is 4.68 Å². The first kappa shape index (κ1) is 13.1. The van der Waals surface area contributed by atoms with Crippen LogP contribution in [0.2, 0.25) is 0 Å². The Bertz CT molecular complexity index is 566. The molecule has 1 fully saturated rings. The number of aromatic nitrogens is 3. The van der Waals surface area contributed by atoms with Gasteiger partial charge >= 0.3 is 0 Å². The second-order valence-electron chi connectivity index (χ2n) is 5.55. The average Bonchev–Trinajstić information content (AvgIpc) is 2.76. The van der Waals surface area contributed by atoms with Crippen LogP contribution in [0.3, 0.4) is 0 Å². The minimum atomic E-state index is -2.96. The van der Waals surface area contributed by atoms with E-state index >= 15 is 0 Å². The first-order chi connectivity index (χ1) is 9.06. The van der Waals surface area contributed by atoms with Gasteiger partial charge in [-0.25, -0.2) is 18.1 Å². The molecule has 19 heavy (non-hydrogen) atoms. The number of nitrogens with zero attached hydrogens (tertiary/aromatic N) is 3. The number of hydrogen-bond donors (Lipinski definition) is 1. The number of sulfone groups is 1. The van der Waals surface area contributed by atoms with Gasteiger partial charge in [0.2, 0.25) is 0 Å². The molecule has 106 valence electrons. The third-order valence-corrected chi connectivity index (χ3v) is 6.36. The van der Waals surface area contributed by atoms with Crippen LogP contribution in [0.4, 0.5) is 0 Å². The number of hydrogen-bond acceptors (Lipinski definition) is 5. The van der Waals surface area contributed by atoms with E-state index in [0.717, 1.165) is 44.5 Å². The SMILES string of the molecule is NC1CCCn2nc(CC3CCCCS3(=O)=O)nc21. The number of rotatable bonds is 2. The molecule has 0 aromatic carbocycles. The summed E-state index contributed by atoms with van der Waals surface area (Å²) in [5.74, 6) is 1.77. The van der Waals surface area contributed by atoms with E-state index in [9.17, 15) is 8.42 Å². The Hall–Kier alpha value is -0.950. The standard InChI is InChI=1S/C12H20N4O2S/c13-10-5-3-6-16-12(10)14-11(15-16)8-9-4-1-2-7-19(9,17)18/h9-10H,1-8,13H2. The molecule has 3 heterocycles. The highest BCUT2D eigenvalue weighted by atomic mass is 32.2. The smallest absolute Gasteiger partial charge is 0.153 e. The van der Waals surface area contributed by atoms with Crippen molar-refractivity contribution in [3.8, 4) is 0 Å². The minimum Gasteiger partial charge on any atom is -0.321 e. The topological polar surface area (TPSA) is 90.9 Å². The summed E-state index contributed by atoms with van der Waals surface area (Å²) < 4.78 is 25.9. The molecule has 7 heteroatoms. The summed E-state index contributed by atoms with van der Waals surface area (Å²) in [6, 6.07) is -0.0574. The fourth-order valence-electron chi connectivity index (χ4n) is 2.97. The molecule has 0 saturated carbocycles. The highest BCUT2D eigenvalue weighted by Crippen LogP contribution is 2.24.